The Hall–Kier alpha value is -1.62. The molecule has 2 aromatic heterocycles. The van der Waals surface area contributed by atoms with Crippen LogP contribution in [0.2, 0.25) is 0 Å². The van der Waals surface area contributed by atoms with Crippen LogP contribution < -0.4 is 4.74 Å². The van der Waals surface area contributed by atoms with Crippen LogP contribution in [0.25, 0.3) is 5.65 Å². The van der Waals surface area contributed by atoms with Gasteiger partial charge in [0, 0.05) is 25.8 Å². The summed E-state index contributed by atoms with van der Waals surface area (Å²) < 4.78 is 11.8. The van der Waals surface area contributed by atoms with Crippen LogP contribution >= 0.6 is 0 Å². The van der Waals surface area contributed by atoms with E-state index in [0.717, 1.165) is 23.6 Å². The quantitative estimate of drug-likeness (QED) is 0.748. The van der Waals surface area contributed by atoms with Gasteiger partial charge in [0.2, 0.25) is 0 Å². The van der Waals surface area contributed by atoms with Crippen molar-refractivity contribution in [3.05, 3.63) is 24.2 Å². The van der Waals surface area contributed by atoms with Crippen molar-refractivity contribution in [1.82, 2.24) is 14.6 Å². The molecule has 5 heteroatoms. The van der Waals surface area contributed by atoms with Gasteiger partial charge in [0.25, 0.3) is 0 Å². The topological polar surface area (TPSA) is 48.7 Å². The summed E-state index contributed by atoms with van der Waals surface area (Å²) in [5.74, 6) is 1.57. The first-order valence-electron chi connectivity index (χ1n) is 4.71. The van der Waals surface area contributed by atoms with Gasteiger partial charge in [-0.1, -0.05) is 0 Å². The summed E-state index contributed by atoms with van der Waals surface area (Å²) in [7, 11) is 3.30. The Morgan fingerprint density at radius 2 is 2.27 bits per heavy atom. The first kappa shape index (κ1) is 9.92. The average molecular weight is 207 g/mol. The highest BCUT2D eigenvalue weighted by Crippen LogP contribution is 2.12. The Morgan fingerprint density at radius 3 is 3.00 bits per heavy atom. The van der Waals surface area contributed by atoms with Crippen LogP contribution in [0.3, 0.4) is 0 Å². The molecule has 0 fully saturated rings. The van der Waals surface area contributed by atoms with Crippen LogP contribution in [-0.2, 0) is 11.2 Å². The SMILES string of the molecule is COCCc1nc2cc(OC)ccn2n1. The number of rotatable bonds is 4. The van der Waals surface area contributed by atoms with E-state index >= 15 is 0 Å². The molecule has 0 amide bonds. The van der Waals surface area contributed by atoms with Gasteiger partial charge in [-0.2, -0.15) is 5.10 Å². The first-order valence-corrected chi connectivity index (χ1v) is 4.71. The number of nitrogens with zero attached hydrogens (tertiary/aromatic N) is 3. The van der Waals surface area contributed by atoms with E-state index in [1.54, 1.807) is 18.7 Å². The van der Waals surface area contributed by atoms with Crippen LogP contribution in [0.15, 0.2) is 18.3 Å². The van der Waals surface area contributed by atoms with E-state index in [-0.39, 0.29) is 0 Å². The molecular weight excluding hydrogens is 194 g/mol. The van der Waals surface area contributed by atoms with Crippen molar-refractivity contribution in [1.29, 1.82) is 0 Å². The summed E-state index contributed by atoms with van der Waals surface area (Å²) in [6.45, 7) is 0.633. The summed E-state index contributed by atoms with van der Waals surface area (Å²) in [6.07, 6.45) is 2.55. The molecule has 0 bridgehead atoms. The molecule has 0 N–H and O–H groups in total. The lowest BCUT2D eigenvalue weighted by Gasteiger charge is -1.97. The minimum atomic E-state index is 0.633. The number of pyridine rings is 1. The zero-order valence-corrected chi connectivity index (χ0v) is 8.80. The van der Waals surface area contributed by atoms with Crippen LogP contribution in [-0.4, -0.2) is 35.4 Å². The van der Waals surface area contributed by atoms with Crippen molar-refractivity contribution >= 4 is 5.65 Å². The zero-order valence-electron chi connectivity index (χ0n) is 8.80. The van der Waals surface area contributed by atoms with Crippen LogP contribution in [0.5, 0.6) is 5.75 Å². The third kappa shape index (κ3) is 2.07. The van der Waals surface area contributed by atoms with E-state index in [1.165, 1.54) is 0 Å². The van der Waals surface area contributed by atoms with Gasteiger partial charge < -0.3 is 9.47 Å². The fourth-order valence-corrected chi connectivity index (χ4v) is 1.34. The standard InChI is InChI=1S/C10H13N3O2/c1-14-6-4-9-11-10-7-8(15-2)3-5-13(10)12-9/h3,5,7H,4,6H2,1-2H3. The predicted octanol–water partition coefficient (Wildman–Crippen LogP) is 0.927. The van der Waals surface area contributed by atoms with Crippen molar-refractivity contribution in [2.24, 2.45) is 0 Å². The molecule has 2 rings (SSSR count). The normalized spacial score (nSPS) is 10.8. The molecule has 5 nitrogen and oxygen atoms in total. The molecule has 0 aromatic carbocycles. The summed E-state index contributed by atoms with van der Waals surface area (Å²) >= 11 is 0. The maximum atomic E-state index is 5.11. The highest BCUT2D eigenvalue weighted by atomic mass is 16.5. The van der Waals surface area contributed by atoms with Gasteiger partial charge in [-0.25, -0.2) is 9.50 Å². The molecule has 0 spiro atoms. The summed E-state index contributed by atoms with van der Waals surface area (Å²) in [5.41, 5.74) is 0.792. The van der Waals surface area contributed by atoms with E-state index in [4.69, 9.17) is 9.47 Å². The van der Waals surface area contributed by atoms with Crippen molar-refractivity contribution < 1.29 is 9.47 Å². The number of fused-ring (bicyclic) bond motifs is 1. The lowest BCUT2D eigenvalue weighted by Crippen LogP contribution is -1.96. The lowest BCUT2D eigenvalue weighted by atomic mass is 10.4. The first-order chi connectivity index (χ1) is 7.33. The molecule has 0 saturated heterocycles. The Kier molecular flexibility index (Phi) is 2.82. The van der Waals surface area contributed by atoms with Crippen molar-refractivity contribution in [3.8, 4) is 5.75 Å². The Labute approximate surface area is 87.6 Å². The maximum Gasteiger partial charge on any atom is 0.159 e. The molecule has 0 aliphatic carbocycles. The Morgan fingerprint density at radius 1 is 1.40 bits per heavy atom. The van der Waals surface area contributed by atoms with Crippen LogP contribution in [0, 0.1) is 0 Å². The van der Waals surface area contributed by atoms with E-state index < -0.39 is 0 Å². The highest BCUT2D eigenvalue weighted by molar-refractivity contribution is 5.43. The smallest absolute Gasteiger partial charge is 0.159 e. The second-order valence-corrected chi connectivity index (χ2v) is 3.14. The molecule has 0 aliphatic heterocycles. The molecule has 80 valence electrons. The van der Waals surface area contributed by atoms with Gasteiger partial charge in [-0.3, -0.25) is 0 Å². The fourth-order valence-electron chi connectivity index (χ4n) is 1.34. The molecule has 0 unspecified atom stereocenters. The number of ether oxygens (including phenoxy) is 2. The van der Waals surface area contributed by atoms with Gasteiger partial charge in [0.15, 0.2) is 11.5 Å². The molecule has 2 heterocycles. The highest BCUT2D eigenvalue weighted by Gasteiger charge is 2.03. The van der Waals surface area contributed by atoms with E-state index in [2.05, 4.69) is 10.1 Å². The van der Waals surface area contributed by atoms with Gasteiger partial charge >= 0.3 is 0 Å². The average Bonchev–Trinajstić information content (AvgIpc) is 2.67. The summed E-state index contributed by atoms with van der Waals surface area (Å²) in [6, 6.07) is 3.70. The molecule has 2 aromatic rings. The van der Waals surface area contributed by atoms with Crippen molar-refractivity contribution in [2.75, 3.05) is 20.8 Å². The third-order valence-corrected chi connectivity index (χ3v) is 2.12. The minimum absolute atomic E-state index is 0.633. The van der Waals surface area contributed by atoms with Gasteiger partial charge in [-0.05, 0) is 6.07 Å². The summed E-state index contributed by atoms with van der Waals surface area (Å²) in [4.78, 5) is 4.35. The van der Waals surface area contributed by atoms with E-state index in [1.807, 2.05) is 18.3 Å². The largest absolute Gasteiger partial charge is 0.497 e. The van der Waals surface area contributed by atoms with Gasteiger partial charge in [-0.15, -0.1) is 0 Å². The third-order valence-electron chi connectivity index (χ3n) is 2.12. The molecule has 0 saturated carbocycles. The van der Waals surface area contributed by atoms with Crippen molar-refractivity contribution in [3.63, 3.8) is 0 Å². The maximum absolute atomic E-state index is 5.11. The Bertz CT molecular complexity index is 453. The van der Waals surface area contributed by atoms with E-state index in [0.29, 0.717) is 6.61 Å². The lowest BCUT2D eigenvalue weighted by molar-refractivity contribution is 0.200. The summed E-state index contributed by atoms with van der Waals surface area (Å²) in [5, 5.41) is 4.30. The zero-order chi connectivity index (χ0) is 10.7. The fraction of sp³-hybridized carbons (Fsp3) is 0.400. The second kappa shape index (κ2) is 4.27. The van der Waals surface area contributed by atoms with Crippen molar-refractivity contribution in [2.45, 2.75) is 6.42 Å². The predicted molar refractivity (Wildman–Crippen MR) is 55.1 cm³/mol. The molecule has 0 atom stereocenters. The number of methoxy groups -OCH3 is 2. The number of aromatic nitrogens is 3. The number of hydrogen-bond donors (Lipinski definition) is 0. The number of hydrogen-bond acceptors (Lipinski definition) is 4. The molecular formula is C10H13N3O2. The monoisotopic (exact) mass is 207 g/mol. The van der Waals surface area contributed by atoms with E-state index in [9.17, 15) is 0 Å². The molecule has 0 aliphatic rings. The van der Waals surface area contributed by atoms with Crippen LogP contribution in [0.4, 0.5) is 0 Å². The van der Waals surface area contributed by atoms with Gasteiger partial charge in [0.1, 0.15) is 5.75 Å². The Balaban J connectivity index is 2.29. The molecule has 0 radical (unpaired) electrons. The molecule has 15 heavy (non-hydrogen) atoms. The van der Waals surface area contributed by atoms with Gasteiger partial charge in [0.05, 0.1) is 13.7 Å². The minimum Gasteiger partial charge on any atom is -0.497 e. The van der Waals surface area contributed by atoms with Crippen LogP contribution in [0.1, 0.15) is 5.82 Å². The second-order valence-electron chi connectivity index (χ2n) is 3.14.